The molecule has 6 heteroatoms. The molecule has 2 fully saturated rings. The second-order valence-corrected chi connectivity index (χ2v) is 5.46. The Kier molecular flexibility index (Phi) is 3.63. The van der Waals surface area contributed by atoms with Crippen molar-refractivity contribution < 1.29 is 23.8 Å². The predicted molar refractivity (Wildman–Crippen MR) is 71.2 cm³/mol. The smallest absolute Gasteiger partial charge is 0.328 e. The molecule has 1 saturated heterocycles. The Hall–Kier alpha value is -1.95. The number of hydrogen-bond acceptors (Lipinski definition) is 3. The topological polar surface area (TPSA) is 66.8 Å². The van der Waals surface area contributed by atoms with Gasteiger partial charge in [-0.2, -0.15) is 0 Å². The largest absolute Gasteiger partial charge is 0.480 e. The first-order valence-electron chi connectivity index (χ1n) is 6.94. The second-order valence-electron chi connectivity index (χ2n) is 5.46. The van der Waals surface area contributed by atoms with Crippen molar-refractivity contribution in [1.82, 2.24) is 4.90 Å². The number of carbonyl (C=O) groups is 2. The minimum atomic E-state index is -1.04. The molecule has 0 bridgehead atoms. The van der Waals surface area contributed by atoms with Gasteiger partial charge in [0.1, 0.15) is 5.82 Å². The van der Waals surface area contributed by atoms with Gasteiger partial charge >= 0.3 is 5.97 Å². The monoisotopic (exact) mass is 293 g/mol. The molecule has 1 aliphatic heterocycles. The fraction of sp³-hybridized carbons (Fsp3) is 0.467. The van der Waals surface area contributed by atoms with Crippen LogP contribution in [0.25, 0.3) is 0 Å². The lowest BCUT2D eigenvalue weighted by Crippen LogP contribution is -2.53. The summed E-state index contributed by atoms with van der Waals surface area (Å²) >= 11 is 0. The lowest BCUT2D eigenvalue weighted by Gasteiger charge is -2.33. The zero-order valence-electron chi connectivity index (χ0n) is 11.4. The summed E-state index contributed by atoms with van der Waals surface area (Å²) in [4.78, 5) is 25.0. The number of ether oxygens (including phenoxy) is 1. The zero-order valence-corrected chi connectivity index (χ0v) is 11.4. The third-order valence-corrected chi connectivity index (χ3v) is 4.10. The molecule has 1 heterocycles. The standard InChI is InChI=1S/C15H16FNO4/c16-10-3-1-9(2-4-10)11-7-12(11)14(18)17-5-6-21-8-13(17)15(19)20/h1-4,11-13H,5-8H2,(H,19,20). The molecule has 1 aromatic rings. The molecule has 2 aliphatic rings. The van der Waals surface area contributed by atoms with Gasteiger partial charge in [0.15, 0.2) is 6.04 Å². The van der Waals surface area contributed by atoms with E-state index in [0.29, 0.717) is 19.6 Å². The van der Waals surface area contributed by atoms with Crippen molar-refractivity contribution in [3.8, 4) is 0 Å². The summed E-state index contributed by atoms with van der Waals surface area (Å²) in [6.07, 6.45) is 0.689. The van der Waals surface area contributed by atoms with Gasteiger partial charge in [0.2, 0.25) is 5.91 Å². The summed E-state index contributed by atoms with van der Waals surface area (Å²) in [6, 6.07) is 5.22. The maximum Gasteiger partial charge on any atom is 0.328 e. The van der Waals surface area contributed by atoms with Crippen molar-refractivity contribution in [2.45, 2.75) is 18.4 Å². The lowest BCUT2D eigenvalue weighted by atomic mass is 10.1. The van der Waals surface area contributed by atoms with Gasteiger partial charge in [-0.25, -0.2) is 9.18 Å². The van der Waals surface area contributed by atoms with Gasteiger partial charge in [-0.3, -0.25) is 4.79 Å². The predicted octanol–water partition coefficient (Wildman–Crippen LogP) is 1.24. The number of carboxylic acid groups (broad SMARTS) is 1. The summed E-state index contributed by atoms with van der Waals surface area (Å²) in [5, 5.41) is 9.16. The van der Waals surface area contributed by atoms with E-state index in [1.165, 1.54) is 17.0 Å². The average Bonchev–Trinajstić information content (AvgIpc) is 3.27. The van der Waals surface area contributed by atoms with E-state index in [0.717, 1.165) is 5.56 Å². The number of benzene rings is 1. The van der Waals surface area contributed by atoms with Crippen molar-refractivity contribution in [2.24, 2.45) is 5.92 Å². The number of hydrogen-bond donors (Lipinski definition) is 1. The molecule has 1 aromatic carbocycles. The molecule has 5 nitrogen and oxygen atoms in total. The number of amides is 1. The van der Waals surface area contributed by atoms with Crippen LogP contribution in [0, 0.1) is 11.7 Å². The quantitative estimate of drug-likeness (QED) is 0.910. The van der Waals surface area contributed by atoms with E-state index in [-0.39, 0.29) is 30.2 Å². The highest BCUT2D eigenvalue weighted by molar-refractivity contribution is 5.88. The maximum atomic E-state index is 12.9. The van der Waals surface area contributed by atoms with E-state index in [4.69, 9.17) is 9.84 Å². The average molecular weight is 293 g/mol. The Morgan fingerprint density at radius 1 is 1.29 bits per heavy atom. The van der Waals surface area contributed by atoms with Crippen LogP contribution in [0.1, 0.15) is 17.9 Å². The fourth-order valence-corrected chi connectivity index (χ4v) is 2.83. The van der Waals surface area contributed by atoms with Gasteiger partial charge in [0.05, 0.1) is 13.2 Å². The fourth-order valence-electron chi connectivity index (χ4n) is 2.83. The van der Waals surface area contributed by atoms with E-state index in [1.807, 2.05) is 0 Å². The van der Waals surface area contributed by atoms with Crippen LogP contribution in [-0.2, 0) is 14.3 Å². The normalized spacial score (nSPS) is 28.2. The molecular formula is C15H16FNO4. The number of morpholine rings is 1. The van der Waals surface area contributed by atoms with Crippen LogP contribution in [-0.4, -0.2) is 47.7 Å². The summed E-state index contributed by atoms with van der Waals surface area (Å²) in [6.45, 7) is 0.709. The molecule has 1 N–H and O–H groups in total. The number of carboxylic acids is 1. The lowest BCUT2D eigenvalue weighted by molar-refractivity contribution is -0.158. The molecule has 1 amide bonds. The van der Waals surface area contributed by atoms with Crippen molar-refractivity contribution in [2.75, 3.05) is 19.8 Å². The van der Waals surface area contributed by atoms with Gasteiger partial charge < -0.3 is 14.7 Å². The minimum Gasteiger partial charge on any atom is -0.480 e. The first-order chi connectivity index (χ1) is 10.1. The number of aliphatic carboxylic acids is 1. The summed E-state index contributed by atoms with van der Waals surface area (Å²) in [5.41, 5.74) is 0.926. The molecule has 21 heavy (non-hydrogen) atoms. The molecule has 0 radical (unpaired) electrons. The van der Waals surface area contributed by atoms with E-state index < -0.39 is 12.0 Å². The Morgan fingerprint density at radius 2 is 2.00 bits per heavy atom. The van der Waals surface area contributed by atoms with E-state index >= 15 is 0 Å². The Bertz CT molecular complexity index is 559. The van der Waals surface area contributed by atoms with Crippen LogP contribution in [0.15, 0.2) is 24.3 Å². The third kappa shape index (κ3) is 2.76. The van der Waals surface area contributed by atoms with Crippen LogP contribution in [0.2, 0.25) is 0 Å². The van der Waals surface area contributed by atoms with Crippen molar-refractivity contribution in [1.29, 1.82) is 0 Å². The second kappa shape index (κ2) is 5.44. The zero-order chi connectivity index (χ0) is 15.0. The highest BCUT2D eigenvalue weighted by Crippen LogP contribution is 2.48. The SMILES string of the molecule is O=C(O)C1COCCN1C(=O)C1CC1c1ccc(F)cc1. The summed E-state index contributed by atoms with van der Waals surface area (Å²) < 4.78 is 18.0. The first-order valence-corrected chi connectivity index (χ1v) is 6.94. The van der Waals surface area contributed by atoms with Crippen LogP contribution in [0.4, 0.5) is 4.39 Å². The van der Waals surface area contributed by atoms with E-state index in [9.17, 15) is 14.0 Å². The summed E-state index contributed by atoms with van der Waals surface area (Å²) in [5.74, 6) is -1.62. The summed E-state index contributed by atoms with van der Waals surface area (Å²) in [7, 11) is 0. The highest BCUT2D eigenvalue weighted by atomic mass is 19.1. The van der Waals surface area contributed by atoms with Crippen molar-refractivity contribution in [3.05, 3.63) is 35.6 Å². The molecular weight excluding hydrogens is 277 g/mol. The number of carbonyl (C=O) groups excluding carboxylic acids is 1. The van der Waals surface area contributed by atoms with E-state index in [2.05, 4.69) is 0 Å². The molecule has 3 unspecified atom stereocenters. The van der Waals surface area contributed by atoms with Crippen molar-refractivity contribution in [3.63, 3.8) is 0 Å². The van der Waals surface area contributed by atoms with E-state index in [1.54, 1.807) is 12.1 Å². The van der Waals surface area contributed by atoms with Crippen LogP contribution < -0.4 is 0 Å². The van der Waals surface area contributed by atoms with Gasteiger partial charge in [0, 0.05) is 12.5 Å². The van der Waals surface area contributed by atoms with Crippen LogP contribution in [0.3, 0.4) is 0 Å². The number of rotatable bonds is 3. The Labute approximate surface area is 121 Å². The van der Waals surface area contributed by atoms with Gasteiger partial charge in [-0.15, -0.1) is 0 Å². The van der Waals surface area contributed by atoms with Crippen molar-refractivity contribution >= 4 is 11.9 Å². The Balaban J connectivity index is 1.69. The molecule has 112 valence electrons. The van der Waals surface area contributed by atoms with Crippen LogP contribution in [0.5, 0.6) is 0 Å². The number of halogens is 1. The maximum absolute atomic E-state index is 12.9. The van der Waals surface area contributed by atoms with Gasteiger partial charge in [-0.05, 0) is 30.0 Å². The molecule has 3 atom stereocenters. The third-order valence-electron chi connectivity index (χ3n) is 4.10. The number of nitrogens with zero attached hydrogens (tertiary/aromatic N) is 1. The first kappa shape index (κ1) is 14.0. The Morgan fingerprint density at radius 3 is 2.67 bits per heavy atom. The van der Waals surface area contributed by atoms with Gasteiger partial charge in [0.25, 0.3) is 0 Å². The van der Waals surface area contributed by atoms with Crippen LogP contribution >= 0.6 is 0 Å². The van der Waals surface area contributed by atoms with Gasteiger partial charge in [-0.1, -0.05) is 12.1 Å². The molecule has 3 rings (SSSR count). The minimum absolute atomic E-state index is 0.0367. The molecule has 1 saturated carbocycles. The molecule has 0 aromatic heterocycles. The molecule has 0 spiro atoms. The molecule has 1 aliphatic carbocycles. The highest BCUT2D eigenvalue weighted by Gasteiger charge is 2.48.